The lowest BCUT2D eigenvalue weighted by Gasteiger charge is -2.60. The fraction of sp³-hybridized carbons (Fsp3) is 1.00. The quantitative estimate of drug-likeness (QED) is 0.123. The van der Waals surface area contributed by atoms with Gasteiger partial charge in [0.25, 0.3) is 0 Å². The van der Waals surface area contributed by atoms with Crippen molar-refractivity contribution in [3.8, 4) is 0 Å². The van der Waals surface area contributed by atoms with Crippen LogP contribution in [0, 0.1) is 46.3 Å². The van der Waals surface area contributed by atoms with Crippen LogP contribution in [0.3, 0.4) is 0 Å². The van der Waals surface area contributed by atoms with Crippen molar-refractivity contribution >= 4 is 0 Å². The van der Waals surface area contributed by atoms with Crippen LogP contribution in [-0.4, -0.2) is 71.4 Å². The molecule has 0 aromatic rings. The SMILES string of the molecule is CCCNCCC[C@@H](C)[C@H]1CC[C@H]2C(COCCCN)[C@@H]([C@@]3(C)CC[C@@H](OCCCN)CC3C)C[C@H](OCCCN)[C@]12C. The average Bonchev–Trinajstić information content (AvgIpc) is 3.36. The van der Waals surface area contributed by atoms with Gasteiger partial charge in [-0.15, -0.1) is 0 Å². The zero-order valence-electron chi connectivity index (χ0n) is 28.9. The summed E-state index contributed by atoms with van der Waals surface area (Å²) in [7, 11) is 0. The summed E-state index contributed by atoms with van der Waals surface area (Å²) in [5, 5.41) is 3.62. The summed E-state index contributed by atoms with van der Waals surface area (Å²) in [5.41, 5.74) is 18.0. The Labute approximate surface area is 265 Å². The van der Waals surface area contributed by atoms with Crippen molar-refractivity contribution in [2.75, 3.05) is 59.2 Å². The molecule has 254 valence electrons. The summed E-state index contributed by atoms with van der Waals surface area (Å²) < 4.78 is 19.8. The molecular formula is C36H72N4O3. The zero-order chi connectivity index (χ0) is 31.3. The molecule has 2 unspecified atom stereocenters. The number of nitrogens with one attached hydrogen (secondary N) is 1. The molecule has 7 nitrogen and oxygen atoms in total. The Balaban J connectivity index is 1.86. The van der Waals surface area contributed by atoms with E-state index in [9.17, 15) is 0 Å². The van der Waals surface area contributed by atoms with Gasteiger partial charge >= 0.3 is 0 Å². The molecule has 0 spiro atoms. The Bertz CT molecular complexity index is 758. The number of ether oxygens (including phenoxy) is 3. The Kier molecular flexibility index (Phi) is 16.2. The van der Waals surface area contributed by atoms with Crippen molar-refractivity contribution in [1.82, 2.24) is 5.32 Å². The molecule has 3 aliphatic rings. The van der Waals surface area contributed by atoms with Gasteiger partial charge < -0.3 is 36.7 Å². The normalized spacial score (nSPS) is 37.0. The molecule has 43 heavy (non-hydrogen) atoms. The lowest BCUT2D eigenvalue weighted by molar-refractivity contribution is -0.183. The third kappa shape index (κ3) is 9.39. The van der Waals surface area contributed by atoms with E-state index in [4.69, 9.17) is 31.4 Å². The highest BCUT2D eigenvalue weighted by atomic mass is 16.5. The molecule has 7 N–H and O–H groups in total. The maximum Gasteiger partial charge on any atom is 0.0637 e. The number of hydrogen-bond acceptors (Lipinski definition) is 7. The van der Waals surface area contributed by atoms with E-state index in [0.717, 1.165) is 78.0 Å². The Morgan fingerprint density at radius 1 is 0.837 bits per heavy atom. The fourth-order valence-electron chi connectivity index (χ4n) is 9.79. The number of fused-ring (bicyclic) bond motifs is 1. The maximum absolute atomic E-state index is 6.97. The van der Waals surface area contributed by atoms with E-state index in [-0.39, 0.29) is 16.9 Å². The number of hydrogen-bond donors (Lipinski definition) is 4. The van der Waals surface area contributed by atoms with Crippen LogP contribution in [0.25, 0.3) is 0 Å². The standard InChI is InChI=1S/C36H72N4O3/c1-6-19-40-20-7-11-27(2)31-12-13-32-30(26-41-21-8-16-37)33(25-34(36(31,32)5)43-23-10-18-39)35(4)15-14-29(24-28(35)3)42-22-9-17-38/h27-34,40H,6-26,37-39H2,1-5H3/t27-,28?,29-,30?,31-,32+,33+,34+,35+,36-/m1/s1. The Morgan fingerprint density at radius 3 is 2.21 bits per heavy atom. The van der Waals surface area contributed by atoms with Crippen LogP contribution in [0.2, 0.25) is 0 Å². The van der Waals surface area contributed by atoms with Gasteiger partial charge in [0.15, 0.2) is 0 Å². The minimum atomic E-state index is 0.172. The predicted molar refractivity (Wildman–Crippen MR) is 180 cm³/mol. The van der Waals surface area contributed by atoms with E-state index < -0.39 is 0 Å². The summed E-state index contributed by atoms with van der Waals surface area (Å²) in [4.78, 5) is 0. The summed E-state index contributed by atoms with van der Waals surface area (Å²) >= 11 is 0. The monoisotopic (exact) mass is 609 g/mol. The highest BCUT2D eigenvalue weighted by molar-refractivity contribution is 5.11. The number of rotatable bonds is 21. The van der Waals surface area contributed by atoms with Gasteiger partial charge in [0.2, 0.25) is 0 Å². The van der Waals surface area contributed by atoms with Crippen molar-refractivity contribution in [2.24, 2.45) is 63.5 Å². The molecule has 7 heteroatoms. The van der Waals surface area contributed by atoms with E-state index in [1.165, 1.54) is 38.5 Å². The van der Waals surface area contributed by atoms with Gasteiger partial charge in [-0.25, -0.2) is 0 Å². The van der Waals surface area contributed by atoms with Gasteiger partial charge in [0, 0.05) is 31.8 Å². The van der Waals surface area contributed by atoms with Crippen molar-refractivity contribution < 1.29 is 14.2 Å². The molecule has 10 atom stereocenters. The van der Waals surface area contributed by atoms with E-state index in [1.807, 2.05) is 0 Å². The first kappa shape index (κ1) is 37.2. The van der Waals surface area contributed by atoms with Crippen LogP contribution >= 0.6 is 0 Å². The van der Waals surface area contributed by atoms with Crippen molar-refractivity contribution in [3.05, 3.63) is 0 Å². The van der Waals surface area contributed by atoms with Crippen molar-refractivity contribution in [1.29, 1.82) is 0 Å². The smallest absolute Gasteiger partial charge is 0.0637 e. The van der Waals surface area contributed by atoms with Crippen LogP contribution in [-0.2, 0) is 14.2 Å². The second kappa shape index (κ2) is 18.8. The minimum Gasteiger partial charge on any atom is -0.381 e. The fourth-order valence-corrected chi connectivity index (χ4v) is 9.79. The third-order valence-corrected chi connectivity index (χ3v) is 12.5. The molecule has 0 aliphatic heterocycles. The first-order chi connectivity index (χ1) is 20.8. The molecule has 0 amide bonds. The van der Waals surface area contributed by atoms with Gasteiger partial charge in [0.1, 0.15) is 0 Å². The van der Waals surface area contributed by atoms with Crippen LogP contribution in [0.4, 0.5) is 0 Å². The molecule has 0 saturated heterocycles. The molecule has 0 aromatic carbocycles. The molecular weight excluding hydrogens is 536 g/mol. The summed E-state index contributed by atoms with van der Waals surface area (Å²) in [6, 6.07) is 0. The van der Waals surface area contributed by atoms with Crippen LogP contribution < -0.4 is 22.5 Å². The molecule has 3 saturated carbocycles. The van der Waals surface area contributed by atoms with Gasteiger partial charge in [-0.1, -0.05) is 34.6 Å². The molecule has 0 radical (unpaired) electrons. The second-order valence-corrected chi connectivity index (χ2v) is 15.1. The first-order valence-corrected chi connectivity index (χ1v) is 18.4. The molecule has 0 aromatic heterocycles. The lowest BCUT2D eigenvalue weighted by atomic mass is 9.47. The van der Waals surface area contributed by atoms with Crippen molar-refractivity contribution in [2.45, 2.75) is 124 Å². The first-order valence-electron chi connectivity index (χ1n) is 18.4. The van der Waals surface area contributed by atoms with Crippen LogP contribution in [0.15, 0.2) is 0 Å². The largest absolute Gasteiger partial charge is 0.381 e. The molecule has 3 fully saturated rings. The summed E-state index contributed by atoms with van der Waals surface area (Å²) in [6.07, 6.45) is 14.5. The van der Waals surface area contributed by atoms with Crippen molar-refractivity contribution in [3.63, 3.8) is 0 Å². The van der Waals surface area contributed by atoms with Gasteiger partial charge in [-0.2, -0.15) is 0 Å². The maximum atomic E-state index is 6.97. The summed E-state index contributed by atoms with van der Waals surface area (Å²) in [5.74, 6) is 3.75. The zero-order valence-corrected chi connectivity index (χ0v) is 28.9. The molecule has 3 aliphatic carbocycles. The highest BCUT2D eigenvalue weighted by Crippen LogP contribution is 2.66. The second-order valence-electron chi connectivity index (χ2n) is 15.1. The highest BCUT2D eigenvalue weighted by Gasteiger charge is 2.62. The van der Waals surface area contributed by atoms with Gasteiger partial charge in [-0.3, -0.25) is 0 Å². The predicted octanol–water partition coefficient (Wildman–Crippen LogP) is 5.73. The minimum absolute atomic E-state index is 0.172. The molecule has 3 rings (SSSR count). The van der Waals surface area contributed by atoms with E-state index in [0.29, 0.717) is 61.2 Å². The Morgan fingerprint density at radius 2 is 1.53 bits per heavy atom. The lowest BCUT2D eigenvalue weighted by Crippen LogP contribution is -2.58. The van der Waals surface area contributed by atoms with Gasteiger partial charge in [-0.05, 0) is 151 Å². The summed E-state index contributed by atoms with van der Waals surface area (Å²) in [6.45, 7) is 20.0. The van der Waals surface area contributed by atoms with E-state index in [1.54, 1.807) is 0 Å². The van der Waals surface area contributed by atoms with Gasteiger partial charge in [0.05, 0.1) is 12.2 Å². The van der Waals surface area contributed by atoms with E-state index >= 15 is 0 Å². The van der Waals surface area contributed by atoms with E-state index in [2.05, 4.69) is 39.9 Å². The third-order valence-electron chi connectivity index (χ3n) is 12.5. The topological polar surface area (TPSA) is 118 Å². The molecule has 0 bridgehead atoms. The van der Waals surface area contributed by atoms with Crippen LogP contribution in [0.1, 0.15) is 112 Å². The van der Waals surface area contributed by atoms with Crippen LogP contribution in [0.5, 0.6) is 0 Å². The number of nitrogens with two attached hydrogens (primary N) is 3. The Hall–Kier alpha value is -0.280. The molecule has 0 heterocycles. The average molecular weight is 609 g/mol.